The fourth-order valence-electron chi connectivity index (χ4n) is 2.02. The number of aromatic amines is 1. The Balaban J connectivity index is 1.87. The zero-order chi connectivity index (χ0) is 14.5. The van der Waals surface area contributed by atoms with Crippen molar-refractivity contribution in [1.82, 2.24) is 20.2 Å². The Labute approximate surface area is 118 Å². The third-order valence-corrected chi connectivity index (χ3v) is 3.28. The second-order valence-electron chi connectivity index (χ2n) is 4.94. The van der Waals surface area contributed by atoms with Gasteiger partial charge in [-0.05, 0) is 25.2 Å². The van der Waals surface area contributed by atoms with E-state index >= 15 is 0 Å². The van der Waals surface area contributed by atoms with E-state index in [0.29, 0.717) is 6.42 Å². The van der Waals surface area contributed by atoms with E-state index in [1.807, 2.05) is 25.2 Å². The first-order chi connectivity index (χ1) is 9.58. The molecule has 1 amide bonds. The molecule has 0 saturated heterocycles. The van der Waals surface area contributed by atoms with Crippen molar-refractivity contribution in [1.29, 1.82) is 0 Å². The Morgan fingerprint density at radius 1 is 1.45 bits per heavy atom. The van der Waals surface area contributed by atoms with E-state index < -0.39 is 0 Å². The van der Waals surface area contributed by atoms with Gasteiger partial charge in [0, 0.05) is 38.7 Å². The van der Waals surface area contributed by atoms with E-state index in [-0.39, 0.29) is 5.91 Å². The monoisotopic (exact) mass is 275 g/mol. The summed E-state index contributed by atoms with van der Waals surface area (Å²) in [7, 11) is 3.66. The molecule has 0 spiro atoms. The van der Waals surface area contributed by atoms with Crippen molar-refractivity contribution >= 4 is 22.6 Å². The van der Waals surface area contributed by atoms with Crippen LogP contribution in [0.1, 0.15) is 12.2 Å². The number of aromatic nitrogens is 2. The average molecular weight is 275 g/mol. The van der Waals surface area contributed by atoms with Crippen LogP contribution in [0.15, 0.2) is 18.2 Å². The second kappa shape index (κ2) is 6.38. The number of amides is 1. The van der Waals surface area contributed by atoms with Crippen LogP contribution in [0.4, 0.5) is 5.69 Å². The number of rotatable bonds is 6. The molecular weight excluding hydrogens is 254 g/mol. The molecule has 0 unspecified atom stereocenters. The summed E-state index contributed by atoms with van der Waals surface area (Å²) in [4.78, 5) is 21.1. The molecule has 0 bridgehead atoms. The minimum absolute atomic E-state index is 0.0658. The van der Waals surface area contributed by atoms with Crippen LogP contribution in [-0.2, 0) is 11.2 Å². The number of hydrogen-bond acceptors (Lipinski definition) is 4. The number of fused-ring (bicyclic) bond motifs is 1. The third kappa shape index (κ3) is 3.71. The summed E-state index contributed by atoms with van der Waals surface area (Å²) in [6.07, 6.45) is 1.34. The van der Waals surface area contributed by atoms with Crippen molar-refractivity contribution in [3.63, 3.8) is 0 Å². The van der Waals surface area contributed by atoms with Gasteiger partial charge in [-0.1, -0.05) is 0 Å². The highest BCUT2D eigenvalue weighted by molar-refractivity contribution is 5.78. The summed E-state index contributed by atoms with van der Waals surface area (Å²) >= 11 is 0. The molecule has 0 aliphatic rings. The molecule has 6 nitrogen and oxygen atoms in total. The number of nitrogens with zero attached hydrogens (tertiary/aromatic N) is 2. The lowest BCUT2D eigenvalue weighted by Crippen LogP contribution is -2.28. The molecular formula is C14H21N5O. The van der Waals surface area contributed by atoms with Gasteiger partial charge in [0.2, 0.25) is 5.91 Å². The number of anilines is 1. The zero-order valence-corrected chi connectivity index (χ0v) is 11.9. The van der Waals surface area contributed by atoms with Crippen LogP contribution >= 0.6 is 0 Å². The molecule has 0 aliphatic heterocycles. The van der Waals surface area contributed by atoms with Crippen LogP contribution in [0, 0.1) is 0 Å². The lowest BCUT2D eigenvalue weighted by Gasteiger charge is -2.14. The van der Waals surface area contributed by atoms with Gasteiger partial charge in [-0.3, -0.25) is 4.79 Å². The quantitative estimate of drug-likeness (QED) is 0.679. The summed E-state index contributed by atoms with van der Waals surface area (Å²) in [6.45, 7) is 1.60. The first-order valence-corrected chi connectivity index (χ1v) is 6.71. The van der Waals surface area contributed by atoms with Crippen molar-refractivity contribution < 1.29 is 4.79 Å². The van der Waals surface area contributed by atoms with Crippen LogP contribution in [0.2, 0.25) is 0 Å². The lowest BCUT2D eigenvalue weighted by molar-refractivity contribution is -0.120. The fraction of sp³-hybridized carbons (Fsp3) is 0.429. The van der Waals surface area contributed by atoms with Gasteiger partial charge in [0.25, 0.3) is 0 Å². The minimum Gasteiger partial charge on any atom is -0.399 e. The average Bonchev–Trinajstić information content (AvgIpc) is 2.84. The number of hydrogen-bond donors (Lipinski definition) is 3. The number of benzene rings is 1. The molecule has 20 heavy (non-hydrogen) atoms. The van der Waals surface area contributed by atoms with Crippen LogP contribution in [0.25, 0.3) is 11.0 Å². The zero-order valence-electron chi connectivity index (χ0n) is 11.9. The molecule has 0 atom stereocenters. The molecule has 4 N–H and O–H groups in total. The summed E-state index contributed by atoms with van der Waals surface area (Å²) in [6, 6.07) is 5.66. The van der Waals surface area contributed by atoms with Crippen molar-refractivity contribution in [3.05, 3.63) is 24.0 Å². The van der Waals surface area contributed by atoms with E-state index in [0.717, 1.165) is 42.1 Å². The van der Waals surface area contributed by atoms with Gasteiger partial charge in [0.1, 0.15) is 5.82 Å². The number of likely N-dealkylation sites (N-methyl/N-ethyl adjacent to an activating group) is 1. The summed E-state index contributed by atoms with van der Waals surface area (Å²) < 4.78 is 0. The number of nitrogens with two attached hydrogens (primary N) is 1. The molecule has 0 aliphatic carbocycles. The SMILES string of the molecule is CNC(=O)CCN(C)CCc1nc2ccc(N)cc2[nH]1. The van der Waals surface area contributed by atoms with E-state index in [1.165, 1.54) is 0 Å². The summed E-state index contributed by atoms with van der Waals surface area (Å²) in [5.74, 6) is 1.01. The van der Waals surface area contributed by atoms with Crippen molar-refractivity contribution in [3.8, 4) is 0 Å². The Hall–Kier alpha value is -2.08. The number of imidazole rings is 1. The molecule has 0 saturated carbocycles. The van der Waals surface area contributed by atoms with Gasteiger partial charge >= 0.3 is 0 Å². The fourth-order valence-corrected chi connectivity index (χ4v) is 2.02. The van der Waals surface area contributed by atoms with Gasteiger partial charge in [-0.15, -0.1) is 0 Å². The first-order valence-electron chi connectivity index (χ1n) is 6.71. The maximum atomic E-state index is 11.2. The van der Waals surface area contributed by atoms with Crippen LogP contribution in [-0.4, -0.2) is 48.0 Å². The van der Waals surface area contributed by atoms with Gasteiger partial charge in [0.05, 0.1) is 11.0 Å². The molecule has 6 heteroatoms. The number of nitrogens with one attached hydrogen (secondary N) is 2. The highest BCUT2D eigenvalue weighted by atomic mass is 16.1. The van der Waals surface area contributed by atoms with Crippen molar-refractivity contribution in [2.45, 2.75) is 12.8 Å². The van der Waals surface area contributed by atoms with Crippen LogP contribution in [0.5, 0.6) is 0 Å². The molecule has 1 aromatic heterocycles. The van der Waals surface area contributed by atoms with Crippen molar-refractivity contribution in [2.75, 3.05) is 32.9 Å². The van der Waals surface area contributed by atoms with E-state index in [4.69, 9.17) is 5.73 Å². The topological polar surface area (TPSA) is 87.0 Å². The molecule has 2 aromatic rings. The molecule has 1 aromatic carbocycles. The Morgan fingerprint density at radius 3 is 3.00 bits per heavy atom. The van der Waals surface area contributed by atoms with Crippen LogP contribution < -0.4 is 11.1 Å². The number of carbonyl (C=O) groups is 1. The predicted octanol–water partition coefficient (Wildman–Crippen LogP) is 0.755. The first kappa shape index (κ1) is 14.3. The van der Waals surface area contributed by atoms with Gasteiger partial charge in [0.15, 0.2) is 0 Å². The van der Waals surface area contributed by atoms with Crippen LogP contribution in [0.3, 0.4) is 0 Å². The third-order valence-electron chi connectivity index (χ3n) is 3.28. The van der Waals surface area contributed by atoms with E-state index in [9.17, 15) is 4.79 Å². The highest BCUT2D eigenvalue weighted by Crippen LogP contribution is 2.15. The maximum Gasteiger partial charge on any atom is 0.221 e. The maximum absolute atomic E-state index is 11.2. The second-order valence-corrected chi connectivity index (χ2v) is 4.94. The lowest BCUT2D eigenvalue weighted by atomic mass is 10.3. The normalized spacial score (nSPS) is 11.2. The highest BCUT2D eigenvalue weighted by Gasteiger charge is 2.06. The summed E-state index contributed by atoms with van der Waals surface area (Å²) in [5.41, 5.74) is 8.37. The Morgan fingerprint density at radius 2 is 2.25 bits per heavy atom. The number of nitrogen functional groups attached to an aromatic ring is 1. The molecule has 108 valence electrons. The Bertz CT molecular complexity index is 592. The van der Waals surface area contributed by atoms with Crippen molar-refractivity contribution in [2.24, 2.45) is 0 Å². The van der Waals surface area contributed by atoms with E-state index in [1.54, 1.807) is 7.05 Å². The number of H-pyrrole nitrogens is 1. The van der Waals surface area contributed by atoms with E-state index in [2.05, 4.69) is 20.2 Å². The standard InChI is InChI=1S/C14H21N5O/c1-16-14(20)6-8-19(2)7-5-13-17-11-4-3-10(15)9-12(11)18-13/h3-4,9H,5-8,15H2,1-2H3,(H,16,20)(H,17,18). The van der Waals surface area contributed by atoms with Gasteiger partial charge in [-0.25, -0.2) is 4.98 Å². The number of carbonyl (C=O) groups excluding carboxylic acids is 1. The molecule has 0 fully saturated rings. The summed E-state index contributed by atoms with van der Waals surface area (Å²) in [5, 5.41) is 2.62. The molecule has 1 heterocycles. The van der Waals surface area contributed by atoms with Gasteiger partial charge < -0.3 is 20.9 Å². The molecule has 0 radical (unpaired) electrons. The molecule has 2 rings (SSSR count). The Kier molecular flexibility index (Phi) is 4.57. The largest absolute Gasteiger partial charge is 0.399 e. The predicted molar refractivity (Wildman–Crippen MR) is 80.4 cm³/mol. The van der Waals surface area contributed by atoms with Gasteiger partial charge in [-0.2, -0.15) is 0 Å². The minimum atomic E-state index is 0.0658. The smallest absolute Gasteiger partial charge is 0.221 e.